The zero-order valence-corrected chi connectivity index (χ0v) is 24.5. The molecule has 202 valence electrons. The van der Waals surface area contributed by atoms with Crippen molar-refractivity contribution in [2.75, 3.05) is 11.4 Å². The van der Waals surface area contributed by atoms with Crippen LogP contribution in [0.25, 0.3) is 38.2 Å². The normalized spacial score (nSPS) is 14.3. The van der Waals surface area contributed by atoms with Gasteiger partial charge in [0.15, 0.2) is 12.3 Å². The molecule has 1 aromatic heterocycles. The van der Waals surface area contributed by atoms with Crippen LogP contribution in [0.2, 0.25) is 0 Å². The lowest BCUT2D eigenvalue weighted by Gasteiger charge is -2.18. The van der Waals surface area contributed by atoms with Gasteiger partial charge in [-0.3, -0.25) is 0 Å². The van der Waals surface area contributed by atoms with Crippen LogP contribution in [0.5, 0.6) is 5.75 Å². The molecule has 0 saturated heterocycles. The standard InChI is InChI=1S/C36H37N2OS/c1-4-6-21-37-31-25-29(27-13-9-8-10-14-27)17-19-32(31)39-34(37)23-26(3)24-35-38(22-7-5-2)36-30-16-12-11-15-28(30)18-20-33(36)40-35/h8-20,23-25H,4-7,21-22H2,1-3H3/q+1. The number of hydrogen-bond donors (Lipinski definition) is 0. The summed E-state index contributed by atoms with van der Waals surface area (Å²) >= 11 is 1.88. The van der Waals surface area contributed by atoms with Crippen LogP contribution in [-0.2, 0) is 6.54 Å². The number of unbranched alkanes of at least 4 members (excludes halogenated alkanes) is 2. The Hall–Kier alpha value is -3.89. The summed E-state index contributed by atoms with van der Waals surface area (Å²) in [5.74, 6) is 1.84. The Labute approximate surface area is 241 Å². The molecule has 0 aliphatic carbocycles. The minimum atomic E-state index is 0.911. The van der Waals surface area contributed by atoms with E-state index < -0.39 is 0 Å². The maximum Gasteiger partial charge on any atom is 0.263 e. The Morgan fingerprint density at radius 3 is 2.50 bits per heavy atom. The maximum absolute atomic E-state index is 6.47. The molecule has 6 rings (SSSR count). The lowest BCUT2D eigenvalue weighted by atomic mass is 10.0. The molecule has 0 saturated carbocycles. The third kappa shape index (κ3) is 5.16. The fourth-order valence-electron chi connectivity index (χ4n) is 5.52. The van der Waals surface area contributed by atoms with Crippen LogP contribution in [0.4, 0.5) is 5.69 Å². The SMILES string of the molecule is CCCCN1/C(=C/C(C)=C/c2sc3ccc4ccccc4c3[n+]2CCCC)Oc2ccc(-c3ccccc3)cc21. The molecular weight excluding hydrogens is 508 g/mol. The topological polar surface area (TPSA) is 16.4 Å². The second-order valence-electron chi connectivity index (χ2n) is 10.6. The number of rotatable bonds is 9. The van der Waals surface area contributed by atoms with Gasteiger partial charge in [-0.1, -0.05) is 98.7 Å². The van der Waals surface area contributed by atoms with E-state index in [2.05, 4.69) is 127 Å². The van der Waals surface area contributed by atoms with Gasteiger partial charge in [-0.2, -0.15) is 4.57 Å². The smallest absolute Gasteiger partial charge is 0.263 e. The van der Waals surface area contributed by atoms with E-state index in [1.165, 1.54) is 49.1 Å². The van der Waals surface area contributed by atoms with Gasteiger partial charge in [0.05, 0.1) is 11.1 Å². The molecule has 5 aromatic rings. The number of fused-ring (bicyclic) bond motifs is 4. The number of thiazole rings is 1. The summed E-state index contributed by atoms with van der Waals surface area (Å²) in [7, 11) is 0. The highest BCUT2D eigenvalue weighted by atomic mass is 32.1. The molecule has 0 fully saturated rings. The average molecular weight is 546 g/mol. The Morgan fingerprint density at radius 2 is 1.68 bits per heavy atom. The molecule has 0 N–H and O–H groups in total. The molecule has 1 aliphatic heterocycles. The van der Waals surface area contributed by atoms with Crippen molar-refractivity contribution in [3.05, 3.63) is 107 Å². The van der Waals surface area contributed by atoms with Crippen molar-refractivity contribution < 1.29 is 9.30 Å². The van der Waals surface area contributed by atoms with E-state index in [0.717, 1.165) is 49.7 Å². The lowest BCUT2D eigenvalue weighted by Crippen LogP contribution is -2.35. The van der Waals surface area contributed by atoms with Gasteiger partial charge < -0.3 is 9.64 Å². The van der Waals surface area contributed by atoms with E-state index in [9.17, 15) is 0 Å². The number of aryl methyl sites for hydroxylation is 1. The van der Waals surface area contributed by atoms with E-state index in [1.54, 1.807) is 0 Å². The van der Waals surface area contributed by atoms with E-state index >= 15 is 0 Å². The van der Waals surface area contributed by atoms with Gasteiger partial charge in [0.25, 0.3) is 5.01 Å². The Kier molecular flexibility index (Phi) is 7.70. The Bertz CT molecular complexity index is 1710. The van der Waals surface area contributed by atoms with Crippen molar-refractivity contribution in [3.63, 3.8) is 0 Å². The summed E-state index contributed by atoms with van der Waals surface area (Å²) in [4.78, 5) is 2.35. The van der Waals surface area contributed by atoms with E-state index in [4.69, 9.17) is 4.74 Å². The fourth-order valence-corrected chi connectivity index (χ4v) is 6.73. The molecule has 0 spiro atoms. The van der Waals surface area contributed by atoms with Gasteiger partial charge >= 0.3 is 0 Å². The third-order valence-electron chi connectivity index (χ3n) is 7.62. The lowest BCUT2D eigenvalue weighted by molar-refractivity contribution is -0.668. The van der Waals surface area contributed by atoms with Gasteiger partial charge in [0.1, 0.15) is 4.70 Å². The summed E-state index contributed by atoms with van der Waals surface area (Å²) in [5, 5.41) is 3.92. The van der Waals surface area contributed by atoms with Crippen molar-refractivity contribution in [1.82, 2.24) is 0 Å². The van der Waals surface area contributed by atoms with E-state index in [-0.39, 0.29) is 0 Å². The zero-order chi connectivity index (χ0) is 27.5. The zero-order valence-electron chi connectivity index (χ0n) is 23.7. The van der Waals surface area contributed by atoms with Crippen LogP contribution in [0, 0.1) is 0 Å². The van der Waals surface area contributed by atoms with E-state index in [0.29, 0.717) is 0 Å². The predicted octanol–water partition coefficient (Wildman–Crippen LogP) is 9.75. The Balaban J connectivity index is 1.39. The highest BCUT2D eigenvalue weighted by molar-refractivity contribution is 7.19. The summed E-state index contributed by atoms with van der Waals surface area (Å²) in [6, 6.07) is 30.4. The molecule has 40 heavy (non-hydrogen) atoms. The number of anilines is 1. The third-order valence-corrected chi connectivity index (χ3v) is 8.72. The summed E-state index contributed by atoms with van der Waals surface area (Å²) in [6.45, 7) is 8.66. The second-order valence-corrected chi connectivity index (χ2v) is 11.7. The summed E-state index contributed by atoms with van der Waals surface area (Å²) < 4.78 is 10.3. The number of allylic oxidation sites excluding steroid dienone is 2. The predicted molar refractivity (Wildman–Crippen MR) is 171 cm³/mol. The second kappa shape index (κ2) is 11.7. The van der Waals surface area contributed by atoms with Crippen molar-refractivity contribution in [1.29, 1.82) is 0 Å². The van der Waals surface area contributed by atoms with Gasteiger partial charge in [-0.15, -0.1) is 0 Å². The van der Waals surface area contributed by atoms with E-state index in [1.807, 2.05) is 11.3 Å². The van der Waals surface area contributed by atoms with Crippen molar-refractivity contribution in [3.8, 4) is 16.9 Å². The van der Waals surface area contributed by atoms with Crippen LogP contribution >= 0.6 is 11.3 Å². The quantitative estimate of drug-likeness (QED) is 0.171. The van der Waals surface area contributed by atoms with Crippen LogP contribution < -0.4 is 14.2 Å². The molecule has 0 bridgehead atoms. The molecule has 3 nitrogen and oxygen atoms in total. The highest BCUT2D eigenvalue weighted by Crippen LogP contribution is 2.42. The molecule has 2 heterocycles. The molecule has 4 heteroatoms. The monoisotopic (exact) mass is 545 g/mol. The molecule has 4 aromatic carbocycles. The first-order chi connectivity index (χ1) is 19.7. The summed E-state index contributed by atoms with van der Waals surface area (Å²) in [6.07, 6.45) is 9.13. The van der Waals surface area contributed by atoms with Crippen LogP contribution in [0.15, 0.2) is 102 Å². The number of ether oxygens (including phenoxy) is 1. The van der Waals surface area contributed by atoms with Gasteiger partial charge in [0.2, 0.25) is 11.4 Å². The van der Waals surface area contributed by atoms with Crippen molar-refractivity contribution in [2.45, 2.75) is 53.0 Å². The average Bonchev–Trinajstić information content (AvgIpc) is 3.51. The number of aromatic nitrogens is 1. The van der Waals surface area contributed by atoms with Crippen molar-refractivity contribution in [2.24, 2.45) is 0 Å². The fraction of sp³-hybridized carbons (Fsp3) is 0.250. The first-order valence-electron chi connectivity index (χ1n) is 14.5. The minimum absolute atomic E-state index is 0.911. The van der Waals surface area contributed by atoms with Crippen LogP contribution in [0.3, 0.4) is 0 Å². The minimum Gasteiger partial charge on any atom is -0.439 e. The molecule has 0 atom stereocenters. The number of hydrogen-bond acceptors (Lipinski definition) is 3. The largest absolute Gasteiger partial charge is 0.439 e. The number of benzene rings is 4. The number of nitrogens with zero attached hydrogens (tertiary/aromatic N) is 2. The molecule has 1 aliphatic rings. The van der Waals surface area contributed by atoms with Gasteiger partial charge in [-0.05, 0) is 59.7 Å². The first kappa shape index (κ1) is 26.3. The van der Waals surface area contributed by atoms with Crippen LogP contribution in [0.1, 0.15) is 51.5 Å². The van der Waals surface area contributed by atoms with Gasteiger partial charge in [0, 0.05) is 25.1 Å². The highest BCUT2D eigenvalue weighted by Gasteiger charge is 2.27. The Morgan fingerprint density at radius 1 is 0.875 bits per heavy atom. The molecule has 0 amide bonds. The maximum atomic E-state index is 6.47. The molecule has 0 radical (unpaired) electrons. The molecular formula is C36H37N2OS+. The van der Waals surface area contributed by atoms with Crippen molar-refractivity contribution >= 4 is 44.1 Å². The van der Waals surface area contributed by atoms with Crippen LogP contribution in [-0.4, -0.2) is 6.54 Å². The summed E-state index contributed by atoms with van der Waals surface area (Å²) in [5.41, 5.74) is 6.13. The van der Waals surface area contributed by atoms with Gasteiger partial charge in [-0.25, -0.2) is 0 Å². The molecule has 0 unspecified atom stereocenters. The first-order valence-corrected chi connectivity index (χ1v) is 15.4.